The molecule has 0 unspecified atom stereocenters. The maximum absolute atomic E-state index is 14.2. The van der Waals surface area contributed by atoms with Crippen LogP contribution in [0.4, 0.5) is 10.1 Å². The molecule has 0 fully saturated rings. The van der Waals surface area contributed by atoms with Crippen molar-refractivity contribution in [3.8, 4) is 5.69 Å². The molecule has 0 saturated carbocycles. The number of rotatable bonds is 7. The third-order valence-electron chi connectivity index (χ3n) is 4.57. The lowest BCUT2D eigenvalue weighted by Gasteiger charge is -2.19. The minimum absolute atomic E-state index is 0.0154. The van der Waals surface area contributed by atoms with Crippen LogP contribution in [0.5, 0.6) is 0 Å². The monoisotopic (exact) mass is 466 g/mol. The zero-order valence-electron chi connectivity index (χ0n) is 17.0. The predicted octanol–water partition coefficient (Wildman–Crippen LogP) is 3.05. The van der Waals surface area contributed by atoms with Gasteiger partial charge in [-0.1, -0.05) is 25.4 Å². The number of halogens is 2. The first-order valence-electron chi connectivity index (χ1n) is 9.35. The first kappa shape index (κ1) is 22.8. The van der Waals surface area contributed by atoms with Gasteiger partial charge in [0.2, 0.25) is 10.0 Å². The maximum atomic E-state index is 14.2. The molecule has 12 heteroatoms. The van der Waals surface area contributed by atoms with E-state index in [-0.39, 0.29) is 39.9 Å². The van der Waals surface area contributed by atoms with Crippen LogP contribution in [0, 0.1) is 12.7 Å². The van der Waals surface area contributed by atoms with Gasteiger partial charge in [0.25, 0.3) is 5.91 Å². The number of carbonyl (C=O) groups excluding carboxylic acids is 1. The number of aryl methyl sites for hydroxylation is 1. The average Bonchev–Trinajstić information content (AvgIpc) is 3.16. The Kier molecular flexibility index (Phi) is 6.68. The van der Waals surface area contributed by atoms with E-state index in [1.807, 2.05) is 0 Å². The Balaban J connectivity index is 1.93. The Morgan fingerprint density at radius 1 is 1.19 bits per heavy atom. The molecular formula is C19H20ClFN6O3S. The van der Waals surface area contributed by atoms with Gasteiger partial charge < -0.3 is 5.32 Å². The van der Waals surface area contributed by atoms with Gasteiger partial charge in [-0.2, -0.15) is 8.99 Å². The van der Waals surface area contributed by atoms with E-state index in [4.69, 9.17) is 11.6 Å². The van der Waals surface area contributed by atoms with Crippen LogP contribution in [0.1, 0.15) is 30.0 Å². The number of hydrogen-bond acceptors (Lipinski definition) is 6. The number of nitrogens with one attached hydrogen (secondary N) is 1. The molecule has 0 aliphatic rings. The summed E-state index contributed by atoms with van der Waals surface area (Å²) in [5.74, 6) is -0.794. The summed E-state index contributed by atoms with van der Waals surface area (Å²) >= 11 is 6.11. The van der Waals surface area contributed by atoms with Crippen molar-refractivity contribution in [3.05, 3.63) is 58.6 Å². The average molecular weight is 467 g/mol. The lowest BCUT2D eigenvalue weighted by molar-refractivity contribution is 0.102. The van der Waals surface area contributed by atoms with Crippen LogP contribution in [0.15, 0.2) is 41.3 Å². The Labute approximate surface area is 183 Å². The highest BCUT2D eigenvalue weighted by atomic mass is 35.5. The van der Waals surface area contributed by atoms with Gasteiger partial charge in [0.05, 0.1) is 5.02 Å². The number of aromatic nitrogens is 4. The SMILES string of the molecule is CCN(CC)S(=O)(=O)c1cc(C(=O)Nc2ccc(F)c(-n3nnnc3C)c2)ccc1Cl. The van der Waals surface area contributed by atoms with Crippen LogP contribution in [-0.4, -0.2) is 51.9 Å². The molecule has 1 amide bonds. The molecule has 2 aromatic carbocycles. The molecule has 0 aliphatic heterocycles. The number of tetrazole rings is 1. The van der Waals surface area contributed by atoms with Gasteiger partial charge in [-0.15, -0.1) is 5.10 Å². The Morgan fingerprint density at radius 3 is 2.52 bits per heavy atom. The van der Waals surface area contributed by atoms with Gasteiger partial charge >= 0.3 is 0 Å². The summed E-state index contributed by atoms with van der Waals surface area (Å²) in [5.41, 5.74) is 0.417. The molecule has 0 aliphatic carbocycles. The van der Waals surface area contributed by atoms with E-state index in [9.17, 15) is 17.6 Å². The summed E-state index contributed by atoms with van der Waals surface area (Å²) in [6.07, 6.45) is 0. The number of hydrogen-bond donors (Lipinski definition) is 1. The highest BCUT2D eigenvalue weighted by Gasteiger charge is 2.25. The second-order valence-corrected chi connectivity index (χ2v) is 8.81. The molecule has 0 saturated heterocycles. The zero-order chi connectivity index (χ0) is 22.8. The summed E-state index contributed by atoms with van der Waals surface area (Å²) in [6.45, 7) is 5.56. The van der Waals surface area contributed by atoms with E-state index in [0.717, 1.165) is 0 Å². The molecule has 1 heterocycles. The second-order valence-electron chi connectivity index (χ2n) is 6.49. The highest BCUT2D eigenvalue weighted by molar-refractivity contribution is 7.89. The smallest absolute Gasteiger partial charge is 0.255 e. The van der Waals surface area contributed by atoms with Crippen molar-refractivity contribution in [2.75, 3.05) is 18.4 Å². The van der Waals surface area contributed by atoms with Gasteiger partial charge in [-0.3, -0.25) is 4.79 Å². The van der Waals surface area contributed by atoms with Gasteiger partial charge in [0, 0.05) is 24.3 Å². The fourth-order valence-electron chi connectivity index (χ4n) is 2.96. The van der Waals surface area contributed by atoms with Crippen LogP contribution < -0.4 is 5.32 Å². The molecule has 3 rings (SSSR count). The molecule has 0 radical (unpaired) electrons. The van der Waals surface area contributed by atoms with Crippen LogP contribution in [-0.2, 0) is 10.0 Å². The molecule has 0 atom stereocenters. The van der Waals surface area contributed by atoms with Crippen LogP contribution in [0.2, 0.25) is 5.02 Å². The first-order chi connectivity index (χ1) is 14.7. The predicted molar refractivity (Wildman–Crippen MR) is 113 cm³/mol. The fraction of sp³-hybridized carbons (Fsp3) is 0.263. The van der Waals surface area contributed by atoms with Crippen molar-refractivity contribution in [3.63, 3.8) is 0 Å². The summed E-state index contributed by atoms with van der Waals surface area (Å²) < 4.78 is 42.4. The quantitative estimate of drug-likeness (QED) is 0.573. The van der Waals surface area contributed by atoms with E-state index in [2.05, 4.69) is 20.8 Å². The Morgan fingerprint density at radius 2 is 1.90 bits per heavy atom. The summed E-state index contributed by atoms with van der Waals surface area (Å²) in [4.78, 5) is 12.6. The van der Waals surface area contributed by atoms with E-state index >= 15 is 0 Å². The van der Waals surface area contributed by atoms with Gasteiger partial charge in [-0.25, -0.2) is 12.8 Å². The Hall–Kier alpha value is -2.89. The zero-order valence-corrected chi connectivity index (χ0v) is 18.6. The summed E-state index contributed by atoms with van der Waals surface area (Å²) in [7, 11) is -3.86. The molecule has 0 spiro atoms. The third kappa shape index (κ3) is 4.58. The number of anilines is 1. The second kappa shape index (κ2) is 9.08. The first-order valence-corrected chi connectivity index (χ1v) is 11.2. The third-order valence-corrected chi connectivity index (χ3v) is 7.11. The van der Waals surface area contributed by atoms with Crippen molar-refractivity contribution in [2.45, 2.75) is 25.7 Å². The van der Waals surface area contributed by atoms with Gasteiger partial charge in [0.15, 0.2) is 5.82 Å². The van der Waals surface area contributed by atoms with Crippen LogP contribution >= 0.6 is 11.6 Å². The molecule has 1 N–H and O–H groups in total. The normalized spacial score (nSPS) is 11.7. The van der Waals surface area contributed by atoms with Crippen LogP contribution in [0.25, 0.3) is 5.69 Å². The van der Waals surface area contributed by atoms with Crippen molar-refractivity contribution >= 4 is 33.2 Å². The number of sulfonamides is 1. The Bertz CT molecular complexity index is 1230. The van der Waals surface area contributed by atoms with Crippen molar-refractivity contribution in [2.24, 2.45) is 0 Å². The van der Waals surface area contributed by atoms with Crippen molar-refractivity contribution in [1.82, 2.24) is 24.5 Å². The van der Waals surface area contributed by atoms with Gasteiger partial charge in [0.1, 0.15) is 16.4 Å². The van der Waals surface area contributed by atoms with E-state index in [0.29, 0.717) is 5.82 Å². The van der Waals surface area contributed by atoms with Crippen molar-refractivity contribution in [1.29, 1.82) is 0 Å². The summed E-state index contributed by atoms with van der Waals surface area (Å²) in [5, 5.41) is 13.6. The molecule has 9 nitrogen and oxygen atoms in total. The number of benzene rings is 2. The number of nitrogens with zero attached hydrogens (tertiary/aromatic N) is 5. The molecular weight excluding hydrogens is 447 g/mol. The van der Waals surface area contributed by atoms with Crippen LogP contribution in [0.3, 0.4) is 0 Å². The number of amides is 1. The topological polar surface area (TPSA) is 110 Å². The van der Waals surface area contributed by atoms with E-state index in [1.54, 1.807) is 20.8 Å². The molecule has 1 aromatic heterocycles. The fourth-order valence-corrected chi connectivity index (χ4v) is 4.91. The minimum atomic E-state index is -3.86. The lowest BCUT2D eigenvalue weighted by atomic mass is 10.2. The standard InChI is InChI=1S/C19H20ClFN6O3S/c1-4-26(5-2)31(29,30)18-10-13(6-8-15(18)20)19(28)22-14-7-9-16(21)17(11-14)27-12(3)23-24-25-27/h6-11H,4-5H2,1-3H3,(H,22,28). The maximum Gasteiger partial charge on any atom is 0.255 e. The highest BCUT2D eigenvalue weighted by Crippen LogP contribution is 2.27. The molecule has 3 aromatic rings. The van der Waals surface area contributed by atoms with E-state index in [1.165, 1.54) is 45.4 Å². The van der Waals surface area contributed by atoms with Crippen molar-refractivity contribution < 1.29 is 17.6 Å². The molecule has 164 valence electrons. The molecule has 0 bridgehead atoms. The van der Waals surface area contributed by atoms with E-state index < -0.39 is 21.7 Å². The lowest BCUT2D eigenvalue weighted by Crippen LogP contribution is -2.31. The summed E-state index contributed by atoms with van der Waals surface area (Å²) in [6, 6.07) is 7.91. The molecule has 31 heavy (non-hydrogen) atoms. The largest absolute Gasteiger partial charge is 0.322 e. The van der Waals surface area contributed by atoms with Gasteiger partial charge in [-0.05, 0) is 53.7 Å². The number of carbonyl (C=O) groups is 1. The minimum Gasteiger partial charge on any atom is -0.322 e.